The first-order valence-electron chi connectivity index (χ1n) is 12.8. The zero-order chi connectivity index (χ0) is 23.9. The number of ether oxygens (including phenoxy) is 3. The largest absolute Gasteiger partial charge is 0.491 e. The molecule has 1 aliphatic heterocycles. The van der Waals surface area contributed by atoms with Crippen molar-refractivity contribution < 1.29 is 19.0 Å². The second-order valence-electron chi connectivity index (χ2n) is 9.86. The summed E-state index contributed by atoms with van der Waals surface area (Å²) in [6, 6.07) is 8.22. The van der Waals surface area contributed by atoms with Crippen LogP contribution in [0.3, 0.4) is 0 Å². The number of halogens is 2. The second kappa shape index (κ2) is 14.8. The highest BCUT2D eigenvalue weighted by molar-refractivity contribution is 5.98. The molecule has 1 aromatic heterocycles. The maximum absolute atomic E-state index is 13.2. The molecule has 1 saturated carbocycles. The first kappa shape index (κ1) is 30.4. The third-order valence-corrected chi connectivity index (χ3v) is 7.03. The van der Waals surface area contributed by atoms with Gasteiger partial charge in [0.25, 0.3) is 5.91 Å². The van der Waals surface area contributed by atoms with Gasteiger partial charge in [0.2, 0.25) is 0 Å². The van der Waals surface area contributed by atoms with Gasteiger partial charge >= 0.3 is 0 Å². The summed E-state index contributed by atoms with van der Waals surface area (Å²) in [6.45, 7) is 7.79. The van der Waals surface area contributed by atoms with Crippen molar-refractivity contribution in [2.45, 2.75) is 64.5 Å². The molecule has 2 fully saturated rings. The van der Waals surface area contributed by atoms with Crippen molar-refractivity contribution in [2.75, 3.05) is 40.0 Å². The number of pyridine rings is 1. The van der Waals surface area contributed by atoms with Crippen LogP contribution >= 0.6 is 24.8 Å². The van der Waals surface area contributed by atoms with E-state index in [0.717, 1.165) is 24.9 Å². The van der Waals surface area contributed by atoms with Crippen molar-refractivity contribution in [3.63, 3.8) is 0 Å². The second-order valence-corrected chi connectivity index (χ2v) is 9.86. The zero-order valence-electron chi connectivity index (χ0n) is 21.7. The molecule has 2 aromatic rings. The van der Waals surface area contributed by atoms with E-state index in [-0.39, 0.29) is 36.8 Å². The third kappa shape index (κ3) is 7.85. The Bertz CT molecular complexity index is 969. The number of carbonyl (C=O) groups excluding carboxylic acids is 1. The molecule has 0 spiro atoms. The molecule has 4 rings (SSSR count). The Morgan fingerprint density at radius 1 is 1.08 bits per heavy atom. The van der Waals surface area contributed by atoms with Crippen LogP contribution in [0.15, 0.2) is 24.3 Å². The number of likely N-dealkylation sites (tertiary alicyclic amines) is 1. The van der Waals surface area contributed by atoms with Gasteiger partial charge in [-0.3, -0.25) is 9.69 Å². The molecule has 1 aromatic carbocycles. The highest BCUT2D eigenvalue weighted by Gasteiger charge is 2.26. The fourth-order valence-electron chi connectivity index (χ4n) is 4.97. The summed E-state index contributed by atoms with van der Waals surface area (Å²) in [5.74, 6) is 1.75. The fraction of sp³-hybridized carbons (Fsp3) is 0.630. The number of rotatable bonds is 10. The zero-order valence-corrected chi connectivity index (χ0v) is 23.3. The molecule has 0 unspecified atom stereocenters. The lowest BCUT2D eigenvalue weighted by molar-refractivity contribution is 0.0931. The van der Waals surface area contributed by atoms with E-state index < -0.39 is 0 Å². The first-order chi connectivity index (χ1) is 16.5. The molecule has 0 bridgehead atoms. The SMILES string of the molecule is COCCOc1cc(C(=O)N[C@H]2CCN(C(C)C)C2)nc2c(OCC3CCCCC3)cccc12.Cl.Cl. The molecular weight excluding hydrogens is 501 g/mol. The lowest BCUT2D eigenvalue weighted by atomic mass is 9.90. The number of hydrogen-bond donors (Lipinski definition) is 1. The molecule has 36 heavy (non-hydrogen) atoms. The molecule has 0 radical (unpaired) electrons. The van der Waals surface area contributed by atoms with Crippen molar-refractivity contribution in [1.29, 1.82) is 0 Å². The molecule has 1 amide bonds. The van der Waals surface area contributed by atoms with Gasteiger partial charge in [-0.05, 0) is 51.2 Å². The van der Waals surface area contributed by atoms with Crippen LogP contribution in [0, 0.1) is 5.92 Å². The average Bonchev–Trinajstić information content (AvgIpc) is 3.32. The van der Waals surface area contributed by atoms with Crippen molar-refractivity contribution in [3.05, 3.63) is 30.0 Å². The Morgan fingerprint density at radius 3 is 2.56 bits per heavy atom. The van der Waals surface area contributed by atoms with Crippen molar-refractivity contribution in [1.82, 2.24) is 15.2 Å². The minimum absolute atomic E-state index is 0. The summed E-state index contributed by atoms with van der Waals surface area (Å²) in [5, 5.41) is 4.03. The van der Waals surface area contributed by atoms with E-state index in [2.05, 4.69) is 24.1 Å². The minimum Gasteiger partial charge on any atom is -0.491 e. The fourth-order valence-corrected chi connectivity index (χ4v) is 4.97. The average molecular weight is 543 g/mol. The maximum Gasteiger partial charge on any atom is 0.270 e. The molecule has 7 nitrogen and oxygen atoms in total. The van der Waals surface area contributed by atoms with Gasteiger partial charge in [-0.25, -0.2) is 4.98 Å². The lowest BCUT2D eigenvalue weighted by Gasteiger charge is -2.22. The third-order valence-electron chi connectivity index (χ3n) is 7.03. The van der Waals surface area contributed by atoms with Gasteiger partial charge < -0.3 is 19.5 Å². The molecule has 9 heteroatoms. The van der Waals surface area contributed by atoms with Crippen molar-refractivity contribution in [2.24, 2.45) is 5.92 Å². The van der Waals surface area contributed by atoms with Crippen LogP contribution in [0.1, 0.15) is 62.9 Å². The van der Waals surface area contributed by atoms with Gasteiger partial charge in [-0.1, -0.05) is 25.3 Å². The highest BCUT2D eigenvalue weighted by atomic mass is 35.5. The molecule has 2 heterocycles. The number of benzene rings is 1. The number of carbonyl (C=O) groups is 1. The molecule has 2 aliphatic rings. The summed E-state index contributed by atoms with van der Waals surface area (Å²) in [5.41, 5.74) is 1.03. The Kier molecular flexibility index (Phi) is 12.5. The highest BCUT2D eigenvalue weighted by Crippen LogP contribution is 2.33. The predicted octanol–water partition coefficient (Wildman–Crippen LogP) is 5.28. The van der Waals surface area contributed by atoms with Gasteiger partial charge in [0.05, 0.1) is 13.2 Å². The van der Waals surface area contributed by atoms with Crippen LogP contribution in [-0.2, 0) is 4.74 Å². The molecule has 202 valence electrons. The summed E-state index contributed by atoms with van der Waals surface area (Å²) < 4.78 is 17.4. The number of fused-ring (bicyclic) bond motifs is 1. The minimum atomic E-state index is -0.170. The van der Waals surface area contributed by atoms with Gasteiger partial charge in [0.1, 0.15) is 29.3 Å². The number of hydrogen-bond acceptors (Lipinski definition) is 6. The van der Waals surface area contributed by atoms with E-state index in [1.165, 1.54) is 32.1 Å². The van der Waals surface area contributed by atoms with E-state index in [9.17, 15) is 4.79 Å². The number of aromatic nitrogens is 1. The van der Waals surface area contributed by atoms with E-state index >= 15 is 0 Å². The Labute approximate surface area is 227 Å². The monoisotopic (exact) mass is 541 g/mol. The maximum atomic E-state index is 13.2. The lowest BCUT2D eigenvalue weighted by Crippen LogP contribution is -2.38. The topological polar surface area (TPSA) is 72.9 Å². The standard InChI is InChI=1S/C27H39N3O4.2ClH/c1-19(2)30-13-12-21(17-30)28-27(31)23-16-25(33-15-14-32-3)22-10-7-11-24(26(22)29-23)34-18-20-8-5-4-6-9-20;;/h7,10-11,16,19-21H,4-6,8-9,12-15,17-18H2,1-3H3,(H,28,31);2*1H/t21-;;/m0../s1. The molecule has 1 aliphatic carbocycles. The van der Waals surface area contributed by atoms with E-state index in [1.54, 1.807) is 13.2 Å². The Balaban J connectivity index is 0.00000228. The summed E-state index contributed by atoms with van der Waals surface area (Å²) in [4.78, 5) is 20.4. The number of methoxy groups -OCH3 is 1. The van der Waals surface area contributed by atoms with E-state index in [0.29, 0.717) is 54.5 Å². The molecule has 1 N–H and O–H groups in total. The summed E-state index contributed by atoms with van der Waals surface area (Å²) in [6.07, 6.45) is 7.25. The van der Waals surface area contributed by atoms with Crippen LogP contribution in [0.25, 0.3) is 10.9 Å². The van der Waals surface area contributed by atoms with Gasteiger partial charge in [0, 0.05) is 43.7 Å². The number of nitrogens with zero attached hydrogens (tertiary/aromatic N) is 2. The van der Waals surface area contributed by atoms with E-state index in [1.807, 2.05) is 18.2 Å². The van der Waals surface area contributed by atoms with Crippen LogP contribution in [0.4, 0.5) is 0 Å². The van der Waals surface area contributed by atoms with Gasteiger partial charge in [0.15, 0.2) is 0 Å². The first-order valence-corrected chi connectivity index (χ1v) is 12.8. The smallest absolute Gasteiger partial charge is 0.270 e. The molecule has 1 atom stereocenters. The van der Waals surface area contributed by atoms with Gasteiger partial charge in [-0.2, -0.15) is 0 Å². The summed E-state index contributed by atoms with van der Waals surface area (Å²) in [7, 11) is 1.64. The number of nitrogens with one attached hydrogen (secondary N) is 1. The normalized spacial score (nSPS) is 18.5. The predicted molar refractivity (Wildman–Crippen MR) is 148 cm³/mol. The van der Waals surface area contributed by atoms with Crippen LogP contribution < -0.4 is 14.8 Å². The Hall–Kier alpha value is -1.80. The summed E-state index contributed by atoms with van der Waals surface area (Å²) >= 11 is 0. The van der Waals surface area contributed by atoms with Crippen molar-refractivity contribution in [3.8, 4) is 11.5 Å². The van der Waals surface area contributed by atoms with Crippen LogP contribution in [-0.4, -0.2) is 67.9 Å². The number of amides is 1. The number of para-hydroxylation sites is 1. The van der Waals surface area contributed by atoms with Crippen LogP contribution in [0.2, 0.25) is 0 Å². The van der Waals surface area contributed by atoms with Crippen molar-refractivity contribution >= 4 is 41.6 Å². The Morgan fingerprint density at radius 2 is 1.86 bits per heavy atom. The van der Waals surface area contributed by atoms with Crippen LogP contribution in [0.5, 0.6) is 11.5 Å². The molecule has 1 saturated heterocycles. The quantitative estimate of drug-likeness (QED) is 0.412. The molecular formula is C27H41Cl2N3O4. The van der Waals surface area contributed by atoms with E-state index in [4.69, 9.17) is 19.2 Å². The van der Waals surface area contributed by atoms with Gasteiger partial charge in [-0.15, -0.1) is 24.8 Å².